The summed E-state index contributed by atoms with van der Waals surface area (Å²) in [7, 11) is 0. The molecule has 0 aromatic carbocycles. The van der Waals surface area contributed by atoms with Crippen molar-refractivity contribution in [2.45, 2.75) is 33.6 Å². The van der Waals surface area contributed by atoms with E-state index in [2.05, 4.69) is 13.8 Å². The van der Waals surface area contributed by atoms with Crippen molar-refractivity contribution in [3.63, 3.8) is 0 Å². The van der Waals surface area contributed by atoms with Gasteiger partial charge in [0.2, 0.25) is 0 Å². The minimum absolute atomic E-state index is 0.194. The number of hydrogen-bond acceptors (Lipinski definition) is 2. The van der Waals surface area contributed by atoms with Gasteiger partial charge in [-0.3, -0.25) is 0 Å². The minimum Gasteiger partial charge on any atom is -0.330 e. The van der Waals surface area contributed by atoms with Crippen LogP contribution in [0.25, 0.3) is 0 Å². The highest BCUT2D eigenvalue weighted by Gasteiger charge is 2.24. The number of piperidine rings is 1. The Balaban J connectivity index is 2.48. The summed E-state index contributed by atoms with van der Waals surface area (Å²) in [6.45, 7) is 10.4. The molecule has 1 aliphatic rings. The van der Waals surface area contributed by atoms with Gasteiger partial charge in [-0.15, -0.1) is 0 Å². The molecule has 1 saturated heterocycles. The fourth-order valence-corrected chi connectivity index (χ4v) is 2.19. The zero-order chi connectivity index (χ0) is 12.8. The van der Waals surface area contributed by atoms with Crippen LogP contribution in [0.3, 0.4) is 0 Å². The highest BCUT2D eigenvalue weighted by molar-refractivity contribution is 5.74. The van der Waals surface area contributed by atoms with E-state index in [0.29, 0.717) is 12.5 Å². The van der Waals surface area contributed by atoms with Gasteiger partial charge < -0.3 is 15.5 Å². The summed E-state index contributed by atoms with van der Waals surface area (Å²) in [6, 6.07) is 0.194. The Kier molecular flexibility index (Phi) is 5.75. The van der Waals surface area contributed by atoms with Gasteiger partial charge in [-0.25, -0.2) is 4.79 Å². The molecule has 2 N–H and O–H groups in total. The predicted octanol–water partition coefficient (Wildman–Crippen LogP) is 1.75. The van der Waals surface area contributed by atoms with Crippen LogP contribution in [0.2, 0.25) is 0 Å². The maximum atomic E-state index is 12.3. The number of nitrogens with zero attached hydrogens (tertiary/aromatic N) is 2. The van der Waals surface area contributed by atoms with Crippen molar-refractivity contribution in [3.05, 3.63) is 0 Å². The van der Waals surface area contributed by atoms with E-state index in [0.717, 1.165) is 44.9 Å². The fourth-order valence-electron chi connectivity index (χ4n) is 2.19. The van der Waals surface area contributed by atoms with Crippen LogP contribution in [0.1, 0.15) is 33.6 Å². The van der Waals surface area contributed by atoms with Crippen LogP contribution in [-0.2, 0) is 0 Å². The van der Waals surface area contributed by atoms with Gasteiger partial charge in [0.05, 0.1) is 0 Å². The molecule has 1 fully saturated rings. The summed E-state index contributed by atoms with van der Waals surface area (Å²) in [5.41, 5.74) is 5.62. The second-order valence-corrected chi connectivity index (χ2v) is 5.33. The van der Waals surface area contributed by atoms with Crippen molar-refractivity contribution < 1.29 is 4.79 Å². The van der Waals surface area contributed by atoms with Gasteiger partial charge in [0, 0.05) is 26.2 Å². The first kappa shape index (κ1) is 14.3. The lowest BCUT2D eigenvalue weighted by Crippen LogP contribution is -2.48. The zero-order valence-corrected chi connectivity index (χ0v) is 11.5. The molecule has 100 valence electrons. The van der Waals surface area contributed by atoms with Crippen LogP contribution in [0.4, 0.5) is 4.79 Å². The Morgan fingerprint density at radius 3 is 2.53 bits per heavy atom. The molecule has 0 saturated carbocycles. The molecule has 0 spiro atoms. The van der Waals surface area contributed by atoms with E-state index < -0.39 is 0 Å². The first-order valence-corrected chi connectivity index (χ1v) is 6.82. The van der Waals surface area contributed by atoms with E-state index in [-0.39, 0.29) is 6.03 Å². The molecule has 0 radical (unpaired) electrons. The van der Waals surface area contributed by atoms with E-state index in [4.69, 9.17) is 5.73 Å². The highest BCUT2D eigenvalue weighted by Crippen LogP contribution is 2.17. The first-order valence-electron chi connectivity index (χ1n) is 6.82. The normalized spacial score (nSPS) is 19.2. The third kappa shape index (κ3) is 4.19. The minimum atomic E-state index is 0.194. The van der Waals surface area contributed by atoms with E-state index in [9.17, 15) is 4.79 Å². The van der Waals surface area contributed by atoms with Crippen LogP contribution in [-0.4, -0.2) is 48.6 Å². The summed E-state index contributed by atoms with van der Waals surface area (Å²) in [5, 5.41) is 0. The van der Waals surface area contributed by atoms with Crippen molar-refractivity contribution >= 4 is 6.03 Å². The lowest BCUT2D eigenvalue weighted by molar-refractivity contribution is 0.131. The summed E-state index contributed by atoms with van der Waals surface area (Å²) < 4.78 is 0. The van der Waals surface area contributed by atoms with Crippen molar-refractivity contribution in [1.29, 1.82) is 0 Å². The van der Waals surface area contributed by atoms with Gasteiger partial charge >= 0.3 is 6.03 Å². The molecule has 2 amide bonds. The quantitative estimate of drug-likeness (QED) is 0.815. The monoisotopic (exact) mass is 241 g/mol. The molecule has 4 nitrogen and oxygen atoms in total. The molecular weight excluding hydrogens is 214 g/mol. The zero-order valence-electron chi connectivity index (χ0n) is 11.5. The molecule has 17 heavy (non-hydrogen) atoms. The number of nitrogens with two attached hydrogens (primary N) is 1. The average molecular weight is 241 g/mol. The summed E-state index contributed by atoms with van der Waals surface area (Å²) in [5.74, 6) is 1.14. The summed E-state index contributed by atoms with van der Waals surface area (Å²) >= 11 is 0. The molecule has 1 heterocycles. The largest absolute Gasteiger partial charge is 0.330 e. The molecule has 1 unspecified atom stereocenters. The van der Waals surface area contributed by atoms with Gasteiger partial charge in [-0.05, 0) is 38.1 Å². The van der Waals surface area contributed by atoms with E-state index in [1.165, 1.54) is 0 Å². The van der Waals surface area contributed by atoms with Crippen LogP contribution >= 0.6 is 0 Å². The number of likely N-dealkylation sites (tertiary alicyclic amines) is 1. The number of hydrogen-bond donors (Lipinski definition) is 1. The first-order chi connectivity index (χ1) is 8.08. The van der Waals surface area contributed by atoms with Gasteiger partial charge in [-0.1, -0.05) is 13.8 Å². The smallest absolute Gasteiger partial charge is 0.319 e. The second kappa shape index (κ2) is 6.84. The van der Waals surface area contributed by atoms with Crippen LogP contribution in [0.5, 0.6) is 0 Å². The maximum absolute atomic E-state index is 12.3. The van der Waals surface area contributed by atoms with Crippen LogP contribution in [0, 0.1) is 11.8 Å². The van der Waals surface area contributed by atoms with E-state index in [1.807, 2.05) is 16.7 Å². The topological polar surface area (TPSA) is 49.6 Å². The lowest BCUT2D eigenvalue weighted by Gasteiger charge is -2.35. The third-order valence-corrected chi connectivity index (χ3v) is 3.64. The second-order valence-electron chi connectivity index (χ2n) is 5.33. The number of amides is 2. The number of urea groups is 1. The Labute approximate surface area is 105 Å². The summed E-state index contributed by atoms with van der Waals surface area (Å²) in [4.78, 5) is 16.2. The Morgan fingerprint density at radius 1 is 1.47 bits per heavy atom. The molecule has 0 aliphatic carbocycles. The number of carbonyl (C=O) groups excluding carboxylic acids is 1. The van der Waals surface area contributed by atoms with Gasteiger partial charge in [-0.2, -0.15) is 0 Å². The maximum Gasteiger partial charge on any atom is 0.319 e. The molecule has 1 rings (SSSR count). The van der Waals surface area contributed by atoms with Gasteiger partial charge in [0.1, 0.15) is 0 Å². The molecule has 1 atom stereocenters. The van der Waals surface area contributed by atoms with E-state index in [1.54, 1.807) is 0 Å². The van der Waals surface area contributed by atoms with Gasteiger partial charge in [0.15, 0.2) is 0 Å². The van der Waals surface area contributed by atoms with Crippen molar-refractivity contribution in [2.75, 3.05) is 32.7 Å². The van der Waals surface area contributed by atoms with Gasteiger partial charge in [0.25, 0.3) is 0 Å². The molecular formula is C13H27N3O. The average Bonchev–Trinajstić information content (AvgIpc) is 2.35. The fraction of sp³-hybridized carbons (Fsp3) is 0.923. The van der Waals surface area contributed by atoms with E-state index >= 15 is 0 Å². The summed E-state index contributed by atoms with van der Waals surface area (Å²) in [6.07, 6.45) is 2.27. The Bertz CT molecular complexity index is 237. The van der Waals surface area contributed by atoms with Crippen molar-refractivity contribution in [1.82, 2.24) is 9.80 Å². The SMILES string of the molecule is CCN(CC(C)CN)C(=O)N1CCC(C)CC1. The number of rotatable bonds is 4. The van der Waals surface area contributed by atoms with Crippen molar-refractivity contribution in [3.8, 4) is 0 Å². The molecule has 0 aromatic rings. The number of carbonyl (C=O) groups is 1. The molecule has 0 aromatic heterocycles. The van der Waals surface area contributed by atoms with Crippen molar-refractivity contribution in [2.24, 2.45) is 17.6 Å². The Hall–Kier alpha value is -0.770. The molecule has 0 bridgehead atoms. The molecule has 1 aliphatic heterocycles. The highest BCUT2D eigenvalue weighted by atomic mass is 16.2. The Morgan fingerprint density at radius 2 is 2.06 bits per heavy atom. The lowest BCUT2D eigenvalue weighted by atomic mass is 9.99. The van der Waals surface area contributed by atoms with Crippen LogP contribution < -0.4 is 5.73 Å². The van der Waals surface area contributed by atoms with Crippen LogP contribution in [0.15, 0.2) is 0 Å². The standard InChI is InChI=1S/C13H27N3O/c1-4-15(10-12(3)9-14)13(17)16-7-5-11(2)6-8-16/h11-12H,4-10,14H2,1-3H3. The molecule has 4 heteroatoms. The third-order valence-electron chi connectivity index (χ3n) is 3.64. The predicted molar refractivity (Wildman–Crippen MR) is 70.8 cm³/mol.